The molecule has 1 unspecified atom stereocenters. The Morgan fingerprint density at radius 3 is 2.40 bits per heavy atom. The smallest absolute Gasteiger partial charge is 0.119 e. The monoisotopic (exact) mass is 320 g/mol. The number of hydrogen-bond donors (Lipinski definition) is 1. The van der Waals surface area contributed by atoms with Gasteiger partial charge in [-0.2, -0.15) is 0 Å². The first-order chi connectivity index (χ1) is 9.13. The van der Waals surface area contributed by atoms with Crippen LogP contribution in [0.25, 0.3) is 0 Å². The minimum absolute atomic E-state index is 0. The minimum Gasteiger partial charge on any atom is -0.491 e. The van der Waals surface area contributed by atoms with Gasteiger partial charge in [0.15, 0.2) is 0 Å². The van der Waals surface area contributed by atoms with Crippen LogP contribution in [0.3, 0.4) is 0 Å². The van der Waals surface area contributed by atoms with E-state index in [1.807, 2.05) is 12.1 Å². The van der Waals surface area contributed by atoms with E-state index in [1.165, 1.54) is 0 Å². The van der Waals surface area contributed by atoms with Gasteiger partial charge in [0, 0.05) is 37.7 Å². The highest BCUT2D eigenvalue weighted by Gasteiger charge is 2.17. The number of halogens is 2. The van der Waals surface area contributed by atoms with Crippen LogP contribution in [0, 0.1) is 0 Å². The summed E-state index contributed by atoms with van der Waals surface area (Å²) in [5.74, 6) is 0.738. The molecular formula is C14H22Cl2N2O2. The van der Waals surface area contributed by atoms with Crippen LogP contribution in [-0.4, -0.2) is 67.4 Å². The third-order valence-corrected chi connectivity index (χ3v) is 3.57. The van der Waals surface area contributed by atoms with Crippen molar-refractivity contribution in [1.29, 1.82) is 0 Å². The summed E-state index contributed by atoms with van der Waals surface area (Å²) in [5.41, 5.74) is 0. The van der Waals surface area contributed by atoms with E-state index in [4.69, 9.17) is 16.3 Å². The number of nitrogens with zero attached hydrogens (tertiary/aromatic N) is 2. The molecule has 1 aromatic carbocycles. The van der Waals surface area contributed by atoms with Crippen molar-refractivity contribution in [3.63, 3.8) is 0 Å². The van der Waals surface area contributed by atoms with Crippen molar-refractivity contribution in [3.8, 4) is 5.75 Å². The van der Waals surface area contributed by atoms with Crippen LogP contribution in [0.2, 0.25) is 5.02 Å². The average Bonchev–Trinajstić information content (AvgIpc) is 2.41. The quantitative estimate of drug-likeness (QED) is 0.896. The summed E-state index contributed by atoms with van der Waals surface area (Å²) in [6.45, 7) is 5.12. The molecule has 2 rings (SSSR count). The van der Waals surface area contributed by atoms with Crippen molar-refractivity contribution in [2.75, 3.05) is 46.4 Å². The highest BCUT2D eigenvalue weighted by Crippen LogP contribution is 2.15. The minimum atomic E-state index is -0.459. The second kappa shape index (κ2) is 8.70. The van der Waals surface area contributed by atoms with Crippen LogP contribution in [0.4, 0.5) is 0 Å². The highest BCUT2D eigenvalue weighted by molar-refractivity contribution is 6.30. The summed E-state index contributed by atoms with van der Waals surface area (Å²) in [5, 5.41) is 10.7. The van der Waals surface area contributed by atoms with Crippen molar-refractivity contribution < 1.29 is 9.84 Å². The fraction of sp³-hybridized carbons (Fsp3) is 0.571. The number of rotatable bonds is 5. The van der Waals surface area contributed by atoms with E-state index < -0.39 is 6.10 Å². The van der Waals surface area contributed by atoms with Crippen molar-refractivity contribution in [3.05, 3.63) is 29.3 Å². The molecule has 114 valence electrons. The fourth-order valence-corrected chi connectivity index (χ4v) is 2.23. The van der Waals surface area contributed by atoms with E-state index in [0.717, 1.165) is 31.9 Å². The largest absolute Gasteiger partial charge is 0.491 e. The number of hydrogen-bond acceptors (Lipinski definition) is 4. The molecule has 4 nitrogen and oxygen atoms in total. The summed E-state index contributed by atoms with van der Waals surface area (Å²) in [6.07, 6.45) is -0.459. The molecule has 0 aromatic heterocycles. The normalized spacial score (nSPS) is 18.4. The van der Waals surface area contributed by atoms with Crippen LogP contribution < -0.4 is 4.74 Å². The Bertz CT molecular complexity index is 381. The van der Waals surface area contributed by atoms with Crippen molar-refractivity contribution in [1.82, 2.24) is 9.80 Å². The maximum absolute atomic E-state index is 9.98. The Kier molecular flexibility index (Phi) is 7.62. The molecule has 6 heteroatoms. The molecule has 1 atom stereocenters. The molecule has 1 heterocycles. The summed E-state index contributed by atoms with van der Waals surface area (Å²) in [6, 6.07) is 7.18. The lowest BCUT2D eigenvalue weighted by Gasteiger charge is -2.33. The fourth-order valence-electron chi connectivity index (χ4n) is 2.10. The predicted molar refractivity (Wildman–Crippen MR) is 84.1 cm³/mol. The Morgan fingerprint density at radius 1 is 1.20 bits per heavy atom. The summed E-state index contributed by atoms with van der Waals surface area (Å²) < 4.78 is 5.54. The topological polar surface area (TPSA) is 35.9 Å². The van der Waals surface area contributed by atoms with Gasteiger partial charge in [0.05, 0.1) is 0 Å². The van der Waals surface area contributed by atoms with E-state index in [-0.39, 0.29) is 12.4 Å². The molecule has 0 aliphatic carbocycles. The summed E-state index contributed by atoms with van der Waals surface area (Å²) in [4.78, 5) is 4.57. The van der Waals surface area contributed by atoms with Gasteiger partial charge in [-0.25, -0.2) is 0 Å². The second-order valence-electron chi connectivity index (χ2n) is 5.02. The van der Waals surface area contributed by atoms with E-state index in [0.29, 0.717) is 18.2 Å². The highest BCUT2D eigenvalue weighted by atomic mass is 35.5. The van der Waals surface area contributed by atoms with Crippen LogP contribution in [-0.2, 0) is 0 Å². The van der Waals surface area contributed by atoms with E-state index in [2.05, 4.69) is 16.8 Å². The number of aliphatic hydroxyl groups is 1. The molecule has 0 spiro atoms. The SMILES string of the molecule is CN1CCN(CC(O)COc2ccc(Cl)cc2)CC1.Cl. The van der Waals surface area contributed by atoms with Crippen LogP contribution in [0.5, 0.6) is 5.75 Å². The van der Waals surface area contributed by atoms with Gasteiger partial charge >= 0.3 is 0 Å². The number of piperazine rings is 1. The first-order valence-corrected chi connectivity index (χ1v) is 6.98. The molecule has 1 saturated heterocycles. The molecule has 1 aliphatic rings. The van der Waals surface area contributed by atoms with E-state index >= 15 is 0 Å². The van der Waals surface area contributed by atoms with Gasteiger partial charge in [-0.15, -0.1) is 12.4 Å². The zero-order valence-electron chi connectivity index (χ0n) is 11.7. The molecule has 20 heavy (non-hydrogen) atoms. The molecule has 0 radical (unpaired) electrons. The van der Waals surface area contributed by atoms with Crippen LogP contribution in [0.15, 0.2) is 24.3 Å². The molecule has 1 N–H and O–H groups in total. The van der Waals surface area contributed by atoms with E-state index in [1.54, 1.807) is 12.1 Å². The third-order valence-electron chi connectivity index (χ3n) is 3.32. The van der Waals surface area contributed by atoms with E-state index in [9.17, 15) is 5.11 Å². The Hall–Kier alpha value is -0.520. The first kappa shape index (κ1) is 17.5. The molecule has 1 aliphatic heterocycles. The predicted octanol–water partition coefficient (Wildman–Crippen LogP) is 1.75. The number of benzene rings is 1. The van der Waals surface area contributed by atoms with Gasteiger partial charge < -0.3 is 14.7 Å². The van der Waals surface area contributed by atoms with Gasteiger partial charge in [-0.3, -0.25) is 4.90 Å². The lowest BCUT2D eigenvalue weighted by molar-refractivity contribution is 0.0505. The number of likely N-dealkylation sites (N-methyl/N-ethyl adjacent to an activating group) is 1. The van der Waals surface area contributed by atoms with Crippen molar-refractivity contribution >= 4 is 24.0 Å². The lowest BCUT2D eigenvalue weighted by Crippen LogP contribution is -2.47. The van der Waals surface area contributed by atoms with Gasteiger partial charge in [0.2, 0.25) is 0 Å². The molecule has 0 bridgehead atoms. The molecule has 0 amide bonds. The summed E-state index contributed by atoms with van der Waals surface area (Å²) >= 11 is 5.80. The van der Waals surface area contributed by atoms with Crippen molar-refractivity contribution in [2.24, 2.45) is 0 Å². The first-order valence-electron chi connectivity index (χ1n) is 6.61. The standard InChI is InChI=1S/C14H21ClN2O2.ClH/c1-16-6-8-17(9-7-16)10-13(18)11-19-14-4-2-12(15)3-5-14;/h2-5,13,18H,6-11H2,1H3;1H. The molecule has 1 fully saturated rings. The second-order valence-corrected chi connectivity index (χ2v) is 5.46. The third kappa shape index (κ3) is 5.85. The molecular weight excluding hydrogens is 299 g/mol. The maximum atomic E-state index is 9.98. The maximum Gasteiger partial charge on any atom is 0.119 e. The summed E-state index contributed by atoms with van der Waals surface area (Å²) in [7, 11) is 2.12. The number of β-amino-alcohol motifs (C(OH)–C–C–N with tert-alkyl or cyclic N) is 1. The average molecular weight is 321 g/mol. The zero-order chi connectivity index (χ0) is 13.7. The molecule has 1 aromatic rings. The van der Waals surface area contributed by atoms with Gasteiger partial charge in [-0.05, 0) is 31.3 Å². The Morgan fingerprint density at radius 2 is 1.80 bits per heavy atom. The lowest BCUT2D eigenvalue weighted by atomic mass is 10.3. The zero-order valence-corrected chi connectivity index (χ0v) is 13.2. The molecule has 0 saturated carbocycles. The van der Waals surface area contributed by atoms with Crippen LogP contribution in [0.1, 0.15) is 0 Å². The van der Waals surface area contributed by atoms with Gasteiger partial charge in [0.25, 0.3) is 0 Å². The van der Waals surface area contributed by atoms with Gasteiger partial charge in [0.1, 0.15) is 18.5 Å². The Labute approximate surface area is 131 Å². The van der Waals surface area contributed by atoms with Crippen molar-refractivity contribution in [2.45, 2.75) is 6.10 Å². The van der Waals surface area contributed by atoms with Gasteiger partial charge in [-0.1, -0.05) is 11.6 Å². The number of ether oxygens (including phenoxy) is 1. The number of aliphatic hydroxyl groups excluding tert-OH is 1. The Balaban J connectivity index is 0.00000200. The van der Waals surface area contributed by atoms with Crippen LogP contribution >= 0.6 is 24.0 Å².